The van der Waals surface area contributed by atoms with E-state index < -0.39 is 0 Å². The van der Waals surface area contributed by atoms with Gasteiger partial charge in [-0.3, -0.25) is 0 Å². The van der Waals surface area contributed by atoms with Gasteiger partial charge in [-0.15, -0.1) is 0 Å². The third-order valence-electron chi connectivity index (χ3n) is 2.90. The Bertz CT molecular complexity index is 267. The van der Waals surface area contributed by atoms with Crippen molar-refractivity contribution in [1.29, 1.82) is 0 Å². The topological polar surface area (TPSA) is 52.0 Å². The van der Waals surface area contributed by atoms with Crippen LogP contribution in [0.3, 0.4) is 0 Å². The van der Waals surface area contributed by atoms with Gasteiger partial charge in [0, 0.05) is 5.69 Å². The molecule has 90 valence electrons. The first-order chi connectivity index (χ1) is 7.83. The van der Waals surface area contributed by atoms with Crippen LogP contribution in [0.1, 0.15) is 44.1 Å². The van der Waals surface area contributed by atoms with Crippen molar-refractivity contribution >= 4 is 5.69 Å². The molecule has 0 saturated carbocycles. The highest BCUT2D eigenvalue weighted by molar-refractivity contribution is 5.39. The molecule has 0 heterocycles. The fourth-order valence-corrected chi connectivity index (χ4v) is 1.86. The van der Waals surface area contributed by atoms with Crippen LogP contribution in [0, 0.1) is 0 Å². The van der Waals surface area contributed by atoms with E-state index in [1.807, 2.05) is 12.1 Å². The molecule has 0 fully saturated rings. The number of benzene rings is 1. The smallest absolute Gasteiger partial charge is 0.0314 e. The summed E-state index contributed by atoms with van der Waals surface area (Å²) in [6, 6.07) is 8.22. The standard InChI is InChI=1S/C14H24N2/c15-12-6-4-2-1-3-5-7-13-8-10-14(16)11-9-13/h8-11H,1-7,12,15-16H2. The third kappa shape index (κ3) is 5.76. The number of unbranched alkanes of at least 4 members (excludes halogenated alkanes) is 5. The Kier molecular flexibility index (Phi) is 6.66. The molecule has 0 atom stereocenters. The van der Waals surface area contributed by atoms with Gasteiger partial charge in [-0.05, 0) is 43.5 Å². The first kappa shape index (κ1) is 13.0. The van der Waals surface area contributed by atoms with E-state index in [0.717, 1.165) is 12.2 Å². The Morgan fingerprint density at radius 3 is 1.94 bits per heavy atom. The Morgan fingerprint density at radius 1 is 0.750 bits per heavy atom. The molecule has 0 aliphatic rings. The molecule has 16 heavy (non-hydrogen) atoms. The average Bonchev–Trinajstić information content (AvgIpc) is 2.30. The number of hydrogen-bond donors (Lipinski definition) is 2. The monoisotopic (exact) mass is 220 g/mol. The van der Waals surface area contributed by atoms with Crippen LogP contribution in [0.15, 0.2) is 24.3 Å². The lowest BCUT2D eigenvalue weighted by Gasteiger charge is -2.02. The summed E-state index contributed by atoms with van der Waals surface area (Å²) in [4.78, 5) is 0. The Labute approximate surface area is 99.0 Å². The molecule has 1 aromatic rings. The van der Waals surface area contributed by atoms with Crippen LogP contribution in [-0.2, 0) is 6.42 Å². The zero-order chi connectivity index (χ0) is 11.6. The molecule has 0 spiro atoms. The summed E-state index contributed by atoms with van der Waals surface area (Å²) in [5.74, 6) is 0. The SMILES string of the molecule is NCCCCCCCCc1ccc(N)cc1. The van der Waals surface area contributed by atoms with Gasteiger partial charge in [0.15, 0.2) is 0 Å². The second-order valence-electron chi connectivity index (χ2n) is 4.40. The number of nitrogen functional groups attached to an aromatic ring is 1. The van der Waals surface area contributed by atoms with Crippen LogP contribution in [0.2, 0.25) is 0 Å². The zero-order valence-corrected chi connectivity index (χ0v) is 10.1. The van der Waals surface area contributed by atoms with Crippen molar-refractivity contribution < 1.29 is 0 Å². The van der Waals surface area contributed by atoms with Crippen molar-refractivity contribution in [3.63, 3.8) is 0 Å². The highest BCUT2D eigenvalue weighted by Crippen LogP contribution is 2.11. The van der Waals surface area contributed by atoms with E-state index in [1.54, 1.807) is 0 Å². The Hall–Kier alpha value is -1.02. The van der Waals surface area contributed by atoms with Gasteiger partial charge in [-0.1, -0.05) is 37.8 Å². The molecule has 0 saturated heterocycles. The van der Waals surface area contributed by atoms with Crippen LogP contribution in [0.5, 0.6) is 0 Å². The molecule has 0 aliphatic heterocycles. The Morgan fingerprint density at radius 2 is 1.31 bits per heavy atom. The van der Waals surface area contributed by atoms with E-state index in [-0.39, 0.29) is 0 Å². The fourth-order valence-electron chi connectivity index (χ4n) is 1.86. The van der Waals surface area contributed by atoms with Crippen molar-refractivity contribution in [3.8, 4) is 0 Å². The van der Waals surface area contributed by atoms with E-state index in [9.17, 15) is 0 Å². The number of anilines is 1. The summed E-state index contributed by atoms with van der Waals surface area (Å²) in [6.07, 6.45) is 8.93. The molecule has 0 unspecified atom stereocenters. The van der Waals surface area contributed by atoms with Crippen LogP contribution < -0.4 is 11.5 Å². The normalized spacial score (nSPS) is 10.6. The quantitative estimate of drug-likeness (QED) is 0.522. The van der Waals surface area contributed by atoms with Gasteiger partial charge in [0.05, 0.1) is 0 Å². The molecular weight excluding hydrogens is 196 g/mol. The largest absolute Gasteiger partial charge is 0.399 e. The van der Waals surface area contributed by atoms with Crippen molar-refractivity contribution in [3.05, 3.63) is 29.8 Å². The molecule has 1 rings (SSSR count). The van der Waals surface area contributed by atoms with Crippen molar-refractivity contribution in [1.82, 2.24) is 0 Å². The minimum Gasteiger partial charge on any atom is -0.399 e. The number of aryl methyl sites for hydroxylation is 1. The predicted octanol–water partition coefficient (Wildman–Crippen LogP) is 3.11. The van der Waals surface area contributed by atoms with Crippen LogP contribution in [0.4, 0.5) is 5.69 Å². The highest BCUT2D eigenvalue weighted by Gasteiger charge is 1.94. The van der Waals surface area contributed by atoms with Crippen LogP contribution in [-0.4, -0.2) is 6.54 Å². The van der Waals surface area contributed by atoms with Gasteiger partial charge in [0.1, 0.15) is 0 Å². The lowest BCUT2D eigenvalue weighted by molar-refractivity contribution is 0.597. The summed E-state index contributed by atoms with van der Waals surface area (Å²) in [6.45, 7) is 0.839. The molecule has 0 aromatic heterocycles. The number of hydrogen-bond acceptors (Lipinski definition) is 2. The predicted molar refractivity (Wildman–Crippen MR) is 71.3 cm³/mol. The van der Waals surface area contributed by atoms with Gasteiger partial charge < -0.3 is 11.5 Å². The van der Waals surface area contributed by atoms with E-state index in [1.165, 1.54) is 50.5 Å². The van der Waals surface area contributed by atoms with E-state index in [2.05, 4.69) is 12.1 Å². The van der Waals surface area contributed by atoms with Gasteiger partial charge in [-0.25, -0.2) is 0 Å². The molecule has 0 amide bonds. The zero-order valence-electron chi connectivity index (χ0n) is 10.1. The summed E-state index contributed by atoms with van der Waals surface area (Å²) >= 11 is 0. The van der Waals surface area contributed by atoms with E-state index >= 15 is 0 Å². The van der Waals surface area contributed by atoms with Crippen molar-refractivity contribution in [2.24, 2.45) is 5.73 Å². The van der Waals surface area contributed by atoms with Gasteiger partial charge in [-0.2, -0.15) is 0 Å². The molecule has 0 radical (unpaired) electrons. The van der Waals surface area contributed by atoms with Crippen LogP contribution in [0.25, 0.3) is 0 Å². The summed E-state index contributed by atoms with van der Waals surface area (Å²) in [5.41, 5.74) is 13.3. The van der Waals surface area contributed by atoms with E-state index in [4.69, 9.17) is 11.5 Å². The third-order valence-corrected chi connectivity index (χ3v) is 2.90. The fraction of sp³-hybridized carbons (Fsp3) is 0.571. The molecule has 0 bridgehead atoms. The lowest BCUT2D eigenvalue weighted by atomic mass is 10.0. The molecule has 2 heteroatoms. The van der Waals surface area contributed by atoms with Gasteiger partial charge >= 0.3 is 0 Å². The first-order valence-corrected chi connectivity index (χ1v) is 6.37. The van der Waals surface area contributed by atoms with Crippen molar-refractivity contribution in [2.45, 2.75) is 44.9 Å². The van der Waals surface area contributed by atoms with Gasteiger partial charge in [0.25, 0.3) is 0 Å². The first-order valence-electron chi connectivity index (χ1n) is 6.37. The molecular formula is C14H24N2. The summed E-state index contributed by atoms with van der Waals surface area (Å²) < 4.78 is 0. The second kappa shape index (κ2) is 8.17. The molecule has 1 aromatic carbocycles. The second-order valence-corrected chi connectivity index (χ2v) is 4.40. The van der Waals surface area contributed by atoms with E-state index in [0.29, 0.717) is 0 Å². The maximum atomic E-state index is 5.64. The number of rotatable bonds is 8. The highest BCUT2D eigenvalue weighted by atomic mass is 14.5. The van der Waals surface area contributed by atoms with Gasteiger partial charge in [0.2, 0.25) is 0 Å². The maximum Gasteiger partial charge on any atom is 0.0314 e. The lowest BCUT2D eigenvalue weighted by Crippen LogP contribution is -1.97. The Balaban J connectivity index is 2.01. The molecule has 2 nitrogen and oxygen atoms in total. The maximum absolute atomic E-state index is 5.64. The minimum atomic E-state index is 0.839. The van der Waals surface area contributed by atoms with Crippen LogP contribution >= 0.6 is 0 Å². The molecule has 4 N–H and O–H groups in total. The van der Waals surface area contributed by atoms with Crippen molar-refractivity contribution in [2.75, 3.05) is 12.3 Å². The minimum absolute atomic E-state index is 0.839. The summed E-state index contributed by atoms with van der Waals surface area (Å²) in [5, 5.41) is 0. The summed E-state index contributed by atoms with van der Waals surface area (Å²) in [7, 11) is 0. The number of nitrogens with two attached hydrogens (primary N) is 2. The average molecular weight is 220 g/mol. The molecule has 0 aliphatic carbocycles.